The van der Waals surface area contributed by atoms with Gasteiger partial charge in [0.25, 0.3) is 0 Å². The van der Waals surface area contributed by atoms with E-state index in [0.717, 1.165) is 87.3 Å². The van der Waals surface area contributed by atoms with Gasteiger partial charge in [0.15, 0.2) is 0 Å². The molecule has 2 aromatic rings. The fourth-order valence-corrected chi connectivity index (χ4v) is 6.96. The van der Waals surface area contributed by atoms with Crippen LogP contribution >= 0.6 is 15.6 Å². The quantitative estimate of drug-likeness (QED) is 0.0753. The number of aryl methyl sites for hydroxylation is 4. The minimum atomic E-state index is -5.38. The second-order valence-corrected chi connectivity index (χ2v) is 14.7. The third kappa shape index (κ3) is 12.9. The van der Waals surface area contributed by atoms with E-state index in [2.05, 4.69) is 44.1 Å². The SMILES string of the molecule is CCCCc1ccc(OC(c2ccc(CCCC)cc2CCCC)C(CO)(CO)COP(=O)(O)OP(=O)(O)O)c(CCCC)c1. The lowest BCUT2D eigenvalue weighted by atomic mass is 9.78. The van der Waals surface area contributed by atoms with Crippen molar-refractivity contribution in [2.24, 2.45) is 5.41 Å². The van der Waals surface area contributed by atoms with Crippen molar-refractivity contribution in [1.82, 2.24) is 0 Å². The number of ether oxygens (including phenoxy) is 1. The van der Waals surface area contributed by atoms with E-state index >= 15 is 0 Å². The Bertz CT molecular complexity index is 1260. The third-order valence-corrected chi connectivity index (χ3v) is 10.1. The topological polar surface area (TPSA) is 163 Å². The molecule has 2 unspecified atom stereocenters. The zero-order valence-electron chi connectivity index (χ0n) is 27.3. The summed E-state index contributed by atoms with van der Waals surface area (Å²) in [6, 6.07) is 12.1. The predicted molar refractivity (Wildman–Crippen MR) is 176 cm³/mol. The summed E-state index contributed by atoms with van der Waals surface area (Å²) in [5.41, 5.74) is 3.27. The van der Waals surface area contributed by atoms with Crippen LogP contribution in [0.25, 0.3) is 0 Å². The number of rotatable bonds is 23. The molecule has 0 spiro atoms. The average Bonchev–Trinajstić information content (AvgIpc) is 3.00. The Morgan fingerprint density at radius 2 is 1.20 bits per heavy atom. The first-order valence-electron chi connectivity index (χ1n) is 16.2. The Balaban J connectivity index is 2.73. The van der Waals surface area contributed by atoms with E-state index in [4.69, 9.17) is 19.0 Å². The summed E-state index contributed by atoms with van der Waals surface area (Å²) in [5.74, 6) is 0.565. The van der Waals surface area contributed by atoms with E-state index < -0.39 is 47.0 Å². The lowest BCUT2D eigenvalue weighted by molar-refractivity contribution is -0.0728. The van der Waals surface area contributed by atoms with Gasteiger partial charge in [0.2, 0.25) is 0 Å². The number of unbranched alkanes of at least 4 members (excludes halogenated alkanes) is 4. The van der Waals surface area contributed by atoms with Gasteiger partial charge in [-0.2, -0.15) is 4.31 Å². The summed E-state index contributed by atoms with van der Waals surface area (Å²) in [7, 11) is -10.7. The minimum absolute atomic E-state index is 0.565. The Hall–Kier alpha value is -1.58. The van der Waals surface area contributed by atoms with Crippen LogP contribution in [-0.2, 0) is 43.6 Å². The number of aliphatic hydroxyl groups excluding tert-OH is 2. The van der Waals surface area contributed by atoms with E-state index in [1.54, 1.807) is 0 Å². The Morgan fingerprint density at radius 3 is 1.71 bits per heavy atom. The highest BCUT2D eigenvalue weighted by Crippen LogP contribution is 2.58. The summed E-state index contributed by atoms with van der Waals surface area (Å²) in [5, 5.41) is 21.6. The van der Waals surface area contributed by atoms with Gasteiger partial charge in [-0.05, 0) is 85.3 Å². The van der Waals surface area contributed by atoms with Crippen LogP contribution in [0.5, 0.6) is 5.75 Å². The molecule has 5 N–H and O–H groups in total. The first kappa shape index (κ1) is 39.6. The molecule has 0 heterocycles. The molecule has 0 radical (unpaired) electrons. The zero-order valence-corrected chi connectivity index (χ0v) is 29.1. The third-order valence-electron chi connectivity index (χ3n) is 8.01. The molecular formula is C33H54O10P2. The van der Waals surface area contributed by atoms with Crippen molar-refractivity contribution in [3.63, 3.8) is 0 Å². The first-order valence-corrected chi connectivity index (χ1v) is 19.3. The summed E-state index contributed by atoms with van der Waals surface area (Å²) in [6.07, 6.45) is 10.1. The van der Waals surface area contributed by atoms with E-state index in [9.17, 15) is 24.2 Å². The lowest BCUT2D eigenvalue weighted by Crippen LogP contribution is -2.44. The molecule has 10 nitrogen and oxygen atoms in total. The largest absolute Gasteiger partial charge is 0.485 e. The van der Waals surface area contributed by atoms with Gasteiger partial charge in [0, 0.05) is 0 Å². The van der Waals surface area contributed by atoms with Crippen molar-refractivity contribution in [2.75, 3.05) is 19.8 Å². The summed E-state index contributed by atoms with van der Waals surface area (Å²) < 4.78 is 39.6. The summed E-state index contributed by atoms with van der Waals surface area (Å²) in [4.78, 5) is 28.3. The zero-order chi connectivity index (χ0) is 33.5. The first-order chi connectivity index (χ1) is 21.4. The molecule has 0 bridgehead atoms. The molecule has 0 amide bonds. The molecule has 0 aliphatic carbocycles. The Labute approximate surface area is 269 Å². The minimum Gasteiger partial charge on any atom is -0.485 e. The normalized spacial score (nSPS) is 14.3. The van der Waals surface area contributed by atoms with Gasteiger partial charge in [-0.1, -0.05) is 83.7 Å². The number of benzene rings is 2. The maximum atomic E-state index is 12.5. The fourth-order valence-electron chi connectivity index (χ4n) is 5.28. The van der Waals surface area contributed by atoms with Crippen LogP contribution in [0, 0.1) is 5.41 Å². The van der Waals surface area contributed by atoms with E-state index in [0.29, 0.717) is 17.7 Å². The van der Waals surface area contributed by atoms with Crippen molar-refractivity contribution in [3.05, 3.63) is 64.2 Å². The van der Waals surface area contributed by atoms with Crippen LogP contribution in [0.2, 0.25) is 0 Å². The summed E-state index contributed by atoms with van der Waals surface area (Å²) in [6.45, 7) is 6.23. The highest BCUT2D eigenvalue weighted by molar-refractivity contribution is 7.60. The molecule has 2 atom stereocenters. The maximum absolute atomic E-state index is 12.5. The van der Waals surface area contributed by atoms with Crippen molar-refractivity contribution in [2.45, 2.75) is 111 Å². The van der Waals surface area contributed by atoms with Gasteiger partial charge >= 0.3 is 15.6 Å². The smallest absolute Gasteiger partial charge is 0.481 e. The van der Waals surface area contributed by atoms with Gasteiger partial charge in [-0.15, -0.1) is 0 Å². The number of phosphoric ester groups is 1. The molecule has 45 heavy (non-hydrogen) atoms. The molecule has 0 saturated carbocycles. The van der Waals surface area contributed by atoms with Gasteiger partial charge in [-0.25, -0.2) is 9.13 Å². The van der Waals surface area contributed by atoms with Crippen LogP contribution in [0.3, 0.4) is 0 Å². The van der Waals surface area contributed by atoms with Crippen LogP contribution in [0.1, 0.15) is 113 Å². The molecule has 0 aliphatic heterocycles. The molecule has 0 saturated heterocycles. The van der Waals surface area contributed by atoms with Crippen LogP contribution in [0.4, 0.5) is 0 Å². The monoisotopic (exact) mass is 672 g/mol. The van der Waals surface area contributed by atoms with Gasteiger partial charge in [0.1, 0.15) is 11.9 Å². The molecule has 0 fully saturated rings. The molecular weight excluding hydrogens is 618 g/mol. The van der Waals surface area contributed by atoms with Gasteiger partial charge in [-0.3, -0.25) is 4.52 Å². The molecule has 0 aromatic heterocycles. The molecule has 12 heteroatoms. The van der Waals surface area contributed by atoms with Crippen LogP contribution in [-0.4, -0.2) is 44.7 Å². The van der Waals surface area contributed by atoms with E-state index in [1.165, 1.54) is 5.56 Å². The van der Waals surface area contributed by atoms with Crippen LogP contribution < -0.4 is 4.74 Å². The molecule has 2 rings (SSSR count). The van der Waals surface area contributed by atoms with E-state index in [-0.39, 0.29) is 0 Å². The molecule has 256 valence electrons. The molecule has 0 aliphatic rings. The van der Waals surface area contributed by atoms with Gasteiger partial charge < -0.3 is 29.6 Å². The lowest BCUT2D eigenvalue weighted by Gasteiger charge is -2.39. The molecule has 2 aromatic carbocycles. The number of aliphatic hydroxyl groups is 2. The second-order valence-electron chi connectivity index (χ2n) is 11.9. The fraction of sp³-hybridized carbons (Fsp3) is 0.636. The van der Waals surface area contributed by atoms with Crippen molar-refractivity contribution in [1.29, 1.82) is 0 Å². The number of phosphoric acid groups is 2. The van der Waals surface area contributed by atoms with Crippen molar-refractivity contribution in [3.8, 4) is 5.75 Å². The highest BCUT2D eigenvalue weighted by atomic mass is 31.3. The number of hydrogen-bond acceptors (Lipinski definition) is 7. The average molecular weight is 673 g/mol. The Morgan fingerprint density at radius 1 is 0.711 bits per heavy atom. The second kappa shape index (κ2) is 19.3. The summed E-state index contributed by atoms with van der Waals surface area (Å²) >= 11 is 0. The maximum Gasteiger partial charge on any atom is 0.481 e. The van der Waals surface area contributed by atoms with Gasteiger partial charge in [0.05, 0.1) is 25.2 Å². The Kier molecular flexibility index (Phi) is 17.0. The predicted octanol–water partition coefficient (Wildman–Crippen LogP) is 7.37. The number of hydrogen-bond donors (Lipinski definition) is 5. The van der Waals surface area contributed by atoms with E-state index in [1.807, 2.05) is 24.3 Å². The van der Waals surface area contributed by atoms with Crippen molar-refractivity contribution < 1.29 is 47.6 Å². The van der Waals surface area contributed by atoms with Crippen molar-refractivity contribution >= 4 is 15.6 Å². The highest BCUT2D eigenvalue weighted by Gasteiger charge is 2.45. The van der Waals surface area contributed by atoms with Crippen LogP contribution in [0.15, 0.2) is 36.4 Å². The standard InChI is InChI=1S/C33H54O10P2/c1-5-9-13-26-17-19-30(28(21-26)15-11-7-3)32(33(23-34,24-35)25-41-45(39,40)43-44(36,37)38)42-31-20-18-27(14-10-6-2)22-29(31)16-12-8-4/h17-22,32,34-35H,5-16,23-25H2,1-4H3,(H,39,40)(H2,36,37,38).